The van der Waals surface area contributed by atoms with E-state index in [1.54, 1.807) is 24.0 Å². The van der Waals surface area contributed by atoms with Crippen LogP contribution in [0.3, 0.4) is 0 Å². The molecule has 1 fully saturated rings. The van der Waals surface area contributed by atoms with Gasteiger partial charge in [0.25, 0.3) is 0 Å². The number of likely N-dealkylation sites (tertiary alicyclic amines) is 1. The Morgan fingerprint density at radius 1 is 1.25 bits per heavy atom. The lowest BCUT2D eigenvalue weighted by atomic mass is 10.0. The van der Waals surface area contributed by atoms with E-state index in [0.717, 1.165) is 12.8 Å². The van der Waals surface area contributed by atoms with Crippen molar-refractivity contribution in [1.82, 2.24) is 9.62 Å². The van der Waals surface area contributed by atoms with Crippen LogP contribution >= 0.6 is 0 Å². The lowest BCUT2D eigenvalue weighted by molar-refractivity contribution is -0.132. The Bertz CT molecular complexity index is 695. The van der Waals surface area contributed by atoms with Gasteiger partial charge in [-0.25, -0.2) is 8.42 Å². The number of ether oxygens (including phenoxy) is 1. The van der Waals surface area contributed by atoms with Crippen molar-refractivity contribution < 1.29 is 17.9 Å². The molecule has 0 aliphatic carbocycles. The molecule has 1 saturated heterocycles. The molecular weight excluding hydrogens is 328 g/mol. The van der Waals surface area contributed by atoms with Gasteiger partial charge < -0.3 is 9.64 Å². The summed E-state index contributed by atoms with van der Waals surface area (Å²) >= 11 is 0. The number of hydrogen-bond acceptors (Lipinski definition) is 4. The molecule has 2 rings (SSSR count). The Balaban J connectivity index is 2.25. The second kappa shape index (κ2) is 7.53. The van der Waals surface area contributed by atoms with E-state index >= 15 is 0 Å². The van der Waals surface area contributed by atoms with Crippen molar-refractivity contribution >= 4 is 15.9 Å². The van der Waals surface area contributed by atoms with Crippen molar-refractivity contribution in [3.63, 3.8) is 0 Å². The summed E-state index contributed by atoms with van der Waals surface area (Å²) in [5.74, 6) is 0.323. The third-order valence-corrected chi connectivity index (χ3v) is 5.91. The number of sulfonamides is 1. The maximum atomic E-state index is 12.8. The van der Waals surface area contributed by atoms with E-state index in [1.807, 2.05) is 13.8 Å². The molecule has 1 amide bonds. The van der Waals surface area contributed by atoms with Crippen LogP contribution in [-0.2, 0) is 14.8 Å². The number of carbonyl (C=O) groups is 1. The summed E-state index contributed by atoms with van der Waals surface area (Å²) in [5, 5.41) is 0. The number of amides is 1. The molecule has 0 aromatic heterocycles. The average molecular weight is 354 g/mol. The predicted molar refractivity (Wildman–Crippen MR) is 92.5 cm³/mol. The first-order chi connectivity index (χ1) is 11.3. The second-order valence-electron chi connectivity index (χ2n) is 6.51. The molecule has 1 atom stereocenters. The molecule has 0 radical (unpaired) electrons. The first-order valence-corrected chi connectivity index (χ1v) is 9.70. The lowest BCUT2D eigenvalue weighted by Gasteiger charge is -2.26. The number of aryl methyl sites for hydroxylation is 1. The van der Waals surface area contributed by atoms with E-state index in [9.17, 15) is 13.2 Å². The van der Waals surface area contributed by atoms with Crippen LogP contribution in [0.1, 0.15) is 32.3 Å². The van der Waals surface area contributed by atoms with Gasteiger partial charge in [-0.15, -0.1) is 0 Å². The molecule has 0 bridgehead atoms. The highest BCUT2D eigenvalue weighted by Gasteiger charge is 2.33. The Morgan fingerprint density at radius 3 is 2.38 bits per heavy atom. The first kappa shape index (κ1) is 18.7. The molecular formula is C17H26N2O4S. The van der Waals surface area contributed by atoms with Crippen LogP contribution in [-0.4, -0.2) is 45.5 Å². The minimum absolute atomic E-state index is 0.133. The molecule has 1 aliphatic heterocycles. The second-order valence-corrected chi connectivity index (χ2v) is 8.19. The Kier molecular flexibility index (Phi) is 5.87. The zero-order valence-corrected chi connectivity index (χ0v) is 15.5. The number of benzene rings is 1. The fraction of sp³-hybridized carbons (Fsp3) is 0.588. The van der Waals surface area contributed by atoms with Crippen molar-refractivity contribution in [3.05, 3.63) is 23.8 Å². The zero-order chi connectivity index (χ0) is 17.9. The van der Waals surface area contributed by atoms with E-state index in [1.165, 1.54) is 13.2 Å². The molecule has 6 nitrogen and oxygen atoms in total. The first-order valence-electron chi connectivity index (χ1n) is 8.22. The van der Waals surface area contributed by atoms with E-state index < -0.39 is 16.1 Å². The number of hydrogen-bond donors (Lipinski definition) is 1. The lowest BCUT2D eigenvalue weighted by Crippen LogP contribution is -2.50. The summed E-state index contributed by atoms with van der Waals surface area (Å²) in [6, 6.07) is 4.03. The fourth-order valence-corrected chi connectivity index (χ4v) is 4.45. The summed E-state index contributed by atoms with van der Waals surface area (Å²) in [4.78, 5) is 14.6. The molecule has 0 saturated carbocycles. The Morgan fingerprint density at radius 2 is 1.88 bits per heavy atom. The van der Waals surface area contributed by atoms with Crippen LogP contribution in [0, 0.1) is 12.8 Å². The standard InChI is InChI=1S/C17H26N2O4S/c1-12(2)16(17(20)19-9-5-6-10-19)18-24(21,22)15-8-7-14(23-4)11-13(15)3/h7-8,11-12,16,18H,5-6,9-10H2,1-4H3/t16-/m0/s1. The van der Waals surface area contributed by atoms with Gasteiger partial charge in [0.1, 0.15) is 11.8 Å². The van der Waals surface area contributed by atoms with Crippen molar-refractivity contribution in [2.45, 2.75) is 44.6 Å². The highest BCUT2D eigenvalue weighted by Crippen LogP contribution is 2.22. The highest BCUT2D eigenvalue weighted by molar-refractivity contribution is 7.89. The molecule has 1 heterocycles. The number of nitrogens with zero attached hydrogens (tertiary/aromatic N) is 1. The van der Waals surface area contributed by atoms with Crippen molar-refractivity contribution in [2.24, 2.45) is 5.92 Å². The van der Waals surface area contributed by atoms with Crippen molar-refractivity contribution in [3.8, 4) is 5.75 Å². The minimum atomic E-state index is -3.79. The van der Waals surface area contributed by atoms with E-state index in [4.69, 9.17) is 4.74 Å². The highest BCUT2D eigenvalue weighted by atomic mass is 32.2. The van der Waals surface area contributed by atoms with Gasteiger partial charge in [-0.05, 0) is 49.4 Å². The quantitative estimate of drug-likeness (QED) is 0.847. The smallest absolute Gasteiger partial charge is 0.241 e. The van der Waals surface area contributed by atoms with Gasteiger partial charge in [-0.1, -0.05) is 13.8 Å². The summed E-state index contributed by atoms with van der Waals surface area (Å²) in [5.41, 5.74) is 0.581. The third-order valence-electron chi connectivity index (χ3n) is 4.30. The van der Waals surface area contributed by atoms with Gasteiger partial charge in [0.05, 0.1) is 12.0 Å². The Labute approximate surface area is 144 Å². The number of methoxy groups -OCH3 is 1. The summed E-state index contributed by atoms with van der Waals surface area (Å²) < 4.78 is 33.2. The largest absolute Gasteiger partial charge is 0.497 e. The fourth-order valence-electron chi connectivity index (χ4n) is 2.89. The summed E-state index contributed by atoms with van der Waals surface area (Å²) in [6.45, 7) is 6.81. The number of rotatable bonds is 6. The summed E-state index contributed by atoms with van der Waals surface area (Å²) in [6.07, 6.45) is 1.95. The SMILES string of the molecule is COc1ccc(S(=O)(=O)N[C@H](C(=O)N2CCCC2)C(C)C)c(C)c1. The normalized spacial score (nSPS) is 16.5. The van der Waals surface area contributed by atoms with Crippen LogP contribution in [0.4, 0.5) is 0 Å². The van der Waals surface area contributed by atoms with Crippen molar-refractivity contribution in [1.29, 1.82) is 0 Å². The van der Waals surface area contributed by atoms with Gasteiger partial charge in [-0.3, -0.25) is 4.79 Å². The monoisotopic (exact) mass is 354 g/mol. The third kappa shape index (κ3) is 4.08. The molecule has 1 N–H and O–H groups in total. The zero-order valence-electron chi connectivity index (χ0n) is 14.7. The summed E-state index contributed by atoms with van der Waals surface area (Å²) in [7, 11) is -2.26. The van der Waals surface area contributed by atoms with E-state index in [-0.39, 0.29) is 16.7 Å². The molecule has 1 aromatic rings. The number of carbonyl (C=O) groups excluding carboxylic acids is 1. The van der Waals surface area contributed by atoms with Crippen LogP contribution < -0.4 is 9.46 Å². The van der Waals surface area contributed by atoms with Gasteiger partial charge in [-0.2, -0.15) is 4.72 Å². The maximum Gasteiger partial charge on any atom is 0.241 e. The molecule has 24 heavy (non-hydrogen) atoms. The average Bonchev–Trinajstić information content (AvgIpc) is 3.05. The van der Waals surface area contributed by atoms with Gasteiger partial charge in [0, 0.05) is 13.1 Å². The topological polar surface area (TPSA) is 75.7 Å². The van der Waals surface area contributed by atoms with Crippen LogP contribution in [0.5, 0.6) is 5.75 Å². The van der Waals surface area contributed by atoms with Crippen LogP contribution in [0.2, 0.25) is 0 Å². The van der Waals surface area contributed by atoms with Crippen molar-refractivity contribution in [2.75, 3.05) is 20.2 Å². The van der Waals surface area contributed by atoms with Gasteiger partial charge >= 0.3 is 0 Å². The predicted octanol–water partition coefficient (Wildman–Crippen LogP) is 1.93. The maximum absolute atomic E-state index is 12.8. The number of nitrogens with one attached hydrogen (secondary N) is 1. The molecule has 1 aliphatic rings. The molecule has 7 heteroatoms. The molecule has 134 valence electrons. The van der Waals surface area contributed by atoms with Crippen LogP contribution in [0.25, 0.3) is 0 Å². The molecule has 0 spiro atoms. The Hall–Kier alpha value is -1.60. The van der Waals surface area contributed by atoms with Gasteiger partial charge in [0.15, 0.2) is 0 Å². The van der Waals surface area contributed by atoms with Gasteiger partial charge in [0.2, 0.25) is 15.9 Å². The minimum Gasteiger partial charge on any atom is -0.497 e. The van der Waals surface area contributed by atoms with E-state index in [0.29, 0.717) is 24.4 Å². The van der Waals surface area contributed by atoms with E-state index in [2.05, 4.69) is 4.72 Å². The molecule has 1 aromatic carbocycles. The molecule has 0 unspecified atom stereocenters. The van der Waals surface area contributed by atoms with Crippen LogP contribution in [0.15, 0.2) is 23.1 Å².